The summed E-state index contributed by atoms with van der Waals surface area (Å²) < 4.78 is 94.3. The van der Waals surface area contributed by atoms with Crippen molar-refractivity contribution >= 4 is 7.82 Å². The zero-order chi connectivity index (χ0) is 12.1. The summed E-state index contributed by atoms with van der Waals surface area (Å²) in [5, 5.41) is 0. The molecule has 0 aliphatic carbocycles. The van der Waals surface area contributed by atoms with Crippen LogP contribution >= 0.6 is 7.82 Å². The summed E-state index contributed by atoms with van der Waals surface area (Å²) in [7, 11) is -4.97. The van der Waals surface area contributed by atoms with Gasteiger partial charge in [0.2, 0.25) is 0 Å². The van der Waals surface area contributed by atoms with Crippen molar-refractivity contribution in [1.82, 2.24) is 0 Å². The van der Waals surface area contributed by atoms with E-state index in [4.69, 9.17) is 0 Å². The molecule has 0 aromatic heterocycles. The average molecular weight is 260 g/mol. The summed E-state index contributed by atoms with van der Waals surface area (Å²) >= 11 is 0. The Morgan fingerprint density at radius 3 is 1.60 bits per heavy atom. The second kappa shape index (κ2) is 3.09. The molecule has 11 heteroatoms. The van der Waals surface area contributed by atoms with E-state index in [9.17, 15) is 30.9 Å². The van der Waals surface area contributed by atoms with Crippen molar-refractivity contribution in [2.45, 2.75) is 18.1 Å². The van der Waals surface area contributed by atoms with Gasteiger partial charge in [0.15, 0.2) is 0 Å². The molecule has 0 saturated carbocycles. The van der Waals surface area contributed by atoms with Crippen LogP contribution in [0.4, 0.5) is 26.3 Å². The summed E-state index contributed by atoms with van der Waals surface area (Å²) in [5.41, 5.74) is 0. The SMILES string of the molecule is COP1(=O)OC(F)(F)C(F)(F)C(F)(F)O1. The predicted molar refractivity (Wildman–Crippen MR) is 31.6 cm³/mol. The Bertz CT molecular complexity index is 292. The minimum Gasteiger partial charge on any atom is -0.290 e. The second-order valence-corrected chi connectivity index (χ2v) is 4.05. The van der Waals surface area contributed by atoms with E-state index in [-0.39, 0.29) is 0 Å². The maximum atomic E-state index is 12.4. The summed E-state index contributed by atoms with van der Waals surface area (Å²) in [6, 6.07) is 0. The molecular formula is C4H3F6O4P. The van der Waals surface area contributed by atoms with Crippen molar-refractivity contribution in [3.8, 4) is 0 Å². The minimum atomic E-state index is -5.94. The smallest absolute Gasteiger partial charge is 0.290 e. The Morgan fingerprint density at radius 2 is 1.33 bits per heavy atom. The van der Waals surface area contributed by atoms with Crippen LogP contribution in [0.3, 0.4) is 0 Å². The molecule has 4 nitrogen and oxygen atoms in total. The maximum absolute atomic E-state index is 12.4. The van der Waals surface area contributed by atoms with Crippen molar-refractivity contribution in [2.24, 2.45) is 0 Å². The van der Waals surface area contributed by atoms with Gasteiger partial charge in [0.05, 0.1) is 0 Å². The molecule has 0 N–H and O–H groups in total. The predicted octanol–water partition coefficient (Wildman–Crippen LogP) is 2.61. The Kier molecular flexibility index (Phi) is 2.63. The third-order valence-electron chi connectivity index (χ3n) is 1.41. The third kappa shape index (κ3) is 1.75. The molecule has 0 aromatic rings. The van der Waals surface area contributed by atoms with Crippen LogP contribution in [0.2, 0.25) is 0 Å². The molecule has 0 spiro atoms. The van der Waals surface area contributed by atoms with Crippen LogP contribution in [0.5, 0.6) is 0 Å². The monoisotopic (exact) mass is 260 g/mol. The normalized spacial score (nSPS) is 31.1. The highest BCUT2D eigenvalue weighted by Crippen LogP contribution is 2.67. The molecule has 1 aliphatic heterocycles. The Morgan fingerprint density at radius 1 is 1.00 bits per heavy atom. The molecule has 1 saturated heterocycles. The maximum Gasteiger partial charge on any atom is 0.484 e. The van der Waals surface area contributed by atoms with E-state index in [0.717, 1.165) is 0 Å². The fraction of sp³-hybridized carbons (Fsp3) is 1.00. The van der Waals surface area contributed by atoms with Gasteiger partial charge in [-0.15, -0.1) is 0 Å². The summed E-state index contributed by atoms with van der Waals surface area (Å²) in [5.74, 6) is -5.94. The molecule has 0 atom stereocenters. The molecule has 1 aliphatic rings. The first kappa shape index (κ1) is 12.8. The third-order valence-corrected chi connectivity index (χ3v) is 2.76. The van der Waals surface area contributed by atoms with Crippen LogP contribution in [0, 0.1) is 0 Å². The van der Waals surface area contributed by atoms with Crippen molar-refractivity contribution in [1.29, 1.82) is 0 Å². The first-order chi connectivity index (χ1) is 6.47. The number of halogens is 6. The van der Waals surface area contributed by atoms with Crippen LogP contribution in [-0.4, -0.2) is 25.2 Å². The van der Waals surface area contributed by atoms with Gasteiger partial charge in [0.1, 0.15) is 0 Å². The average Bonchev–Trinajstić information content (AvgIpc) is 1.99. The molecular weight excluding hydrogens is 257 g/mol. The Labute approximate surface area is 78.7 Å². The number of alkyl halides is 6. The van der Waals surface area contributed by atoms with Crippen LogP contribution in [0.1, 0.15) is 0 Å². The lowest BCUT2D eigenvalue weighted by Gasteiger charge is -2.37. The number of rotatable bonds is 1. The lowest BCUT2D eigenvalue weighted by molar-refractivity contribution is -0.444. The Balaban J connectivity index is 3.19. The highest BCUT2D eigenvalue weighted by molar-refractivity contribution is 7.48. The molecule has 1 heterocycles. The van der Waals surface area contributed by atoms with Gasteiger partial charge in [-0.2, -0.15) is 26.3 Å². The van der Waals surface area contributed by atoms with Gasteiger partial charge in [-0.1, -0.05) is 0 Å². The molecule has 0 radical (unpaired) electrons. The molecule has 1 fully saturated rings. The minimum absolute atomic E-state index is 0.427. The van der Waals surface area contributed by atoms with E-state index < -0.39 is 26.0 Å². The first-order valence-electron chi connectivity index (χ1n) is 3.18. The lowest BCUT2D eigenvalue weighted by Crippen LogP contribution is -2.59. The molecule has 0 aromatic carbocycles. The highest BCUT2D eigenvalue weighted by atomic mass is 31.2. The van der Waals surface area contributed by atoms with Gasteiger partial charge in [-0.05, 0) is 0 Å². The summed E-state index contributed by atoms with van der Waals surface area (Å²) in [4.78, 5) is 0. The van der Waals surface area contributed by atoms with Gasteiger partial charge in [0, 0.05) is 7.11 Å². The summed E-state index contributed by atoms with van der Waals surface area (Å²) in [6.07, 6.45) is -11.3. The number of hydrogen-bond donors (Lipinski definition) is 0. The fourth-order valence-electron chi connectivity index (χ4n) is 0.658. The van der Waals surface area contributed by atoms with Crippen LogP contribution in [-0.2, 0) is 18.1 Å². The quantitative estimate of drug-likeness (QED) is 0.537. The van der Waals surface area contributed by atoms with Crippen molar-refractivity contribution in [3.05, 3.63) is 0 Å². The van der Waals surface area contributed by atoms with Gasteiger partial charge in [0.25, 0.3) is 0 Å². The molecule has 90 valence electrons. The van der Waals surface area contributed by atoms with E-state index in [1.807, 2.05) is 0 Å². The Hall–Kier alpha value is -0.310. The molecule has 0 unspecified atom stereocenters. The topological polar surface area (TPSA) is 44.8 Å². The van der Waals surface area contributed by atoms with E-state index >= 15 is 0 Å². The van der Waals surface area contributed by atoms with Crippen molar-refractivity contribution in [2.75, 3.05) is 7.11 Å². The van der Waals surface area contributed by atoms with E-state index in [2.05, 4.69) is 13.6 Å². The number of phosphoric ester groups is 1. The van der Waals surface area contributed by atoms with Crippen LogP contribution < -0.4 is 0 Å². The van der Waals surface area contributed by atoms with Crippen molar-refractivity contribution < 1.29 is 44.5 Å². The number of phosphoric acid groups is 1. The van der Waals surface area contributed by atoms with Crippen molar-refractivity contribution in [3.63, 3.8) is 0 Å². The van der Waals surface area contributed by atoms with Gasteiger partial charge < -0.3 is 0 Å². The largest absolute Gasteiger partial charge is 0.484 e. The fourth-order valence-corrected chi connectivity index (χ4v) is 1.64. The molecule has 0 bridgehead atoms. The molecule has 15 heavy (non-hydrogen) atoms. The molecule has 1 rings (SSSR count). The van der Waals surface area contributed by atoms with Gasteiger partial charge in [-0.3, -0.25) is 4.52 Å². The van der Waals surface area contributed by atoms with Crippen LogP contribution in [0.15, 0.2) is 0 Å². The zero-order valence-electron chi connectivity index (χ0n) is 6.85. The second-order valence-electron chi connectivity index (χ2n) is 2.42. The van der Waals surface area contributed by atoms with E-state index in [1.165, 1.54) is 0 Å². The lowest BCUT2D eigenvalue weighted by atomic mass is 10.3. The van der Waals surface area contributed by atoms with Gasteiger partial charge >= 0.3 is 26.0 Å². The summed E-state index contributed by atoms with van der Waals surface area (Å²) in [6.45, 7) is 0. The first-order valence-corrected chi connectivity index (χ1v) is 4.64. The zero-order valence-corrected chi connectivity index (χ0v) is 7.74. The van der Waals surface area contributed by atoms with E-state index in [1.54, 1.807) is 0 Å². The van der Waals surface area contributed by atoms with E-state index in [0.29, 0.717) is 7.11 Å². The standard InChI is InChI=1S/C4H3F6O4P/c1-12-15(11)13-3(7,8)2(5,6)4(9,10)14-15/h1H3. The van der Waals surface area contributed by atoms with Gasteiger partial charge in [-0.25, -0.2) is 13.6 Å². The number of hydrogen-bond acceptors (Lipinski definition) is 4. The molecule has 0 amide bonds. The van der Waals surface area contributed by atoms with Crippen LogP contribution in [0.25, 0.3) is 0 Å². The highest BCUT2D eigenvalue weighted by Gasteiger charge is 2.81.